The smallest absolute Gasteiger partial charge is 0.305 e. The zero-order chi connectivity index (χ0) is 35.9. The molecule has 0 aromatic heterocycles. The van der Waals surface area contributed by atoms with E-state index in [0.717, 1.165) is 6.42 Å². The van der Waals surface area contributed by atoms with Crippen LogP contribution in [0.15, 0.2) is 42.5 Å². The molecular formula is C40H56O9. The van der Waals surface area contributed by atoms with Crippen LogP contribution in [0.5, 0.6) is 0 Å². The Morgan fingerprint density at radius 2 is 1.37 bits per heavy atom. The molecule has 1 fully saturated rings. The van der Waals surface area contributed by atoms with E-state index in [-0.39, 0.29) is 50.9 Å². The van der Waals surface area contributed by atoms with Crippen LogP contribution in [-0.4, -0.2) is 71.4 Å². The van der Waals surface area contributed by atoms with Crippen LogP contribution in [0.25, 0.3) is 0 Å². The maximum absolute atomic E-state index is 12.6. The molecule has 1 aromatic carbocycles. The Hall–Kier alpha value is -3.63. The summed E-state index contributed by atoms with van der Waals surface area (Å²) in [6.45, 7) is 1.44. The number of ether oxygens (including phenoxy) is 3. The van der Waals surface area contributed by atoms with E-state index in [0.29, 0.717) is 70.6 Å². The maximum Gasteiger partial charge on any atom is 0.305 e. The Morgan fingerprint density at radius 1 is 0.837 bits per heavy atom. The maximum atomic E-state index is 12.6. The molecule has 0 amide bonds. The molecule has 0 spiro atoms. The molecule has 270 valence electrons. The van der Waals surface area contributed by atoms with Gasteiger partial charge in [-0.25, -0.2) is 0 Å². The Bertz CT molecular complexity index is 1190. The molecule has 0 saturated heterocycles. The highest BCUT2D eigenvalue weighted by atomic mass is 16.6. The average Bonchev–Trinajstić information content (AvgIpc) is 3.36. The van der Waals surface area contributed by atoms with Crippen LogP contribution in [0.4, 0.5) is 0 Å². The molecule has 0 heterocycles. The summed E-state index contributed by atoms with van der Waals surface area (Å²) in [5.41, 5.74) is 0.254. The number of aliphatic hydroxyl groups is 3. The molecule has 1 aliphatic carbocycles. The zero-order valence-electron chi connectivity index (χ0n) is 29.1. The summed E-state index contributed by atoms with van der Waals surface area (Å²) in [5.74, 6) is 3.51. The molecule has 0 aliphatic heterocycles. The number of allylic oxidation sites excluding steroid dienone is 2. The molecular weight excluding hydrogens is 624 g/mol. The first-order chi connectivity index (χ1) is 23.6. The molecule has 1 saturated carbocycles. The highest BCUT2D eigenvalue weighted by Gasteiger charge is 2.40. The summed E-state index contributed by atoms with van der Waals surface area (Å²) in [4.78, 5) is 36.8. The minimum absolute atomic E-state index is 0.0836. The summed E-state index contributed by atoms with van der Waals surface area (Å²) in [7, 11) is 0. The number of hydrogen-bond acceptors (Lipinski definition) is 9. The van der Waals surface area contributed by atoms with Crippen molar-refractivity contribution in [1.29, 1.82) is 0 Å². The number of rotatable bonds is 24. The van der Waals surface area contributed by atoms with Crippen molar-refractivity contribution in [1.82, 2.24) is 0 Å². The van der Waals surface area contributed by atoms with Crippen LogP contribution in [0.1, 0.15) is 102 Å². The van der Waals surface area contributed by atoms with Crippen LogP contribution < -0.4 is 0 Å². The van der Waals surface area contributed by atoms with Crippen LogP contribution in [0, 0.1) is 41.9 Å². The van der Waals surface area contributed by atoms with Crippen molar-refractivity contribution in [2.45, 2.75) is 122 Å². The highest BCUT2D eigenvalue weighted by Crippen LogP contribution is 2.38. The monoisotopic (exact) mass is 680 g/mol. The van der Waals surface area contributed by atoms with E-state index in [1.165, 1.54) is 5.56 Å². The number of hydrogen-bond donors (Lipinski definition) is 3. The van der Waals surface area contributed by atoms with Gasteiger partial charge >= 0.3 is 17.9 Å². The predicted octanol–water partition coefficient (Wildman–Crippen LogP) is 5.48. The zero-order valence-corrected chi connectivity index (χ0v) is 29.1. The fourth-order valence-corrected chi connectivity index (χ4v) is 5.92. The van der Waals surface area contributed by atoms with Crippen molar-refractivity contribution in [3.8, 4) is 24.7 Å². The second kappa shape index (κ2) is 23.7. The molecule has 3 N–H and O–H groups in total. The minimum atomic E-state index is -0.930. The van der Waals surface area contributed by atoms with E-state index in [4.69, 9.17) is 27.1 Å². The predicted molar refractivity (Wildman–Crippen MR) is 188 cm³/mol. The number of terminal acetylenes is 2. The molecule has 0 radical (unpaired) electrons. The van der Waals surface area contributed by atoms with Gasteiger partial charge in [0.2, 0.25) is 0 Å². The Labute approximate surface area is 292 Å². The van der Waals surface area contributed by atoms with E-state index < -0.39 is 41.6 Å². The first-order valence-corrected chi connectivity index (χ1v) is 17.6. The van der Waals surface area contributed by atoms with Gasteiger partial charge < -0.3 is 29.5 Å². The third-order valence-electron chi connectivity index (χ3n) is 8.94. The van der Waals surface area contributed by atoms with Crippen LogP contribution >= 0.6 is 0 Å². The van der Waals surface area contributed by atoms with E-state index in [1.807, 2.05) is 42.5 Å². The number of benzene rings is 1. The molecule has 0 unspecified atom stereocenters. The van der Waals surface area contributed by atoms with Crippen LogP contribution in [0.3, 0.4) is 0 Å². The van der Waals surface area contributed by atoms with Crippen LogP contribution in [0.2, 0.25) is 0 Å². The second-order valence-corrected chi connectivity index (χ2v) is 13.5. The number of unbranched alkanes of at least 4 members (excludes halogenated alkanes) is 3. The molecule has 1 aliphatic rings. The van der Waals surface area contributed by atoms with Crippen LogP contribution in [-0.2, 0) is 35.0 Å². The van der Waals surface area contributed by atoms with E-state index in [1.54, 1.807) is 6.92 Å². The Kier molecular flexibility index (Phi) is 20.1. The average molecular weight is 681 g/mol. The van der Waals surface area contributed by atoms with Gasteiger partial charge in [-0.3, -0.25) is 14.4 Å². The third kappa shape index (κ3) is 17.5. The van der Waals surface area contributed by atoms with Crippen molar-refractivity contribution in [2.75, 3.05) is 19.8 Å². The normalized spacial score (nSPS) is 19.6. The first-order valence-electron chi connectivity index (χ1n) is 17.6. The molecule has 9 heteroatoms. The molecule has 9 nitrogen and oxygen atoms in total. The number of aliphatic hydroxyl groups excluding tert-OH is 3. The quantitative estimate of drug-likeness (QED) is 0.0426. The van der Waals surface area contributed by atoms with E-state index >= 15 is 0 Å². The van der Waals surface area contributed by atoms with Crippen molar-refractivity contribution < 1.29 is 43.9 Å². The summed E-state index contributed by atoms with van der Waals surface area (Å²) in [6, 6.07) is 10.0. The number of aryl methyl sites for hydroxylation is 1. The molecule has 2 rings (SSSR count). The molecule has 0 bridgehead atoms. The van der Waals surface area contributed by atoms with Crippen molar-refractivity contribution in [3.63, 3.8) is 0 Å². The van der Waals surface area contributed by atoms with Crippen molar-refractivity contribution >= 4 is 17.9 Å². The largest absolute Gasteiger partial charge is 0.465 e. The third-order valence-corrected chi connectivity index (χ3v) is 8.94. The van der Waals surface area contributed by atoms with Gasteiger partial charge in [-0.05, 0) is 88.5 Å². The minimum Gasteiger partial charge on any atom is -0.465 e. The number of esters is 3. The number of carbonyl (C=O) groups excluding carboxylic acids is 3. The summed E-state index contributed by atoms with van der Waals surface area (Å²) >= 11 is 0. The highest BCUT2D eigenvalue weighted by molar-refractivity contribution is 5.70. The van der Waals surface area contributed by atoms with Gasteiger partial charge in [0.25, 0.3) is 0 Å². The first kappa shape index (κ1) is 41.5. The fraction of sp³-hybridized carbons (Fsp3) is 0.625. The van der Waals surface area contributed by atoms with Gasteiger partial charge in [0, 0.05) is 32.1 Å². The van der Waals surface area contributed by atoms with Gasteiger partial charge in [0.1, 0.15) is 19.8 Å². The second-order valence-electron chi connectivity index (χ2n) is 13.5. The Balaban J connectivity index is 1.75. The Morgan fingerprint density at radius 3 is 1.92 bits per heavy atom. The van der Waals surface area contributed by atoms with Gasteiger partial charge in [0.05, 0.1) is 23.7 Å². The van der Waals surface area contributed by atoms with E-state index in [9.17, 15) is 29.7 Å². The van der Waals surface area contributed by atoms with Gasteiger partial charge in [-0.2, -0.15) is 0 Å². The SMILES string of the molecule is C#CCCCC(=O)OCC(C)(COC(=O)CCCC#C)COC(=O)CCC/C=C\C[C@@H]1[C@@H](CC[C@@H](O)CCc2ccccc2)[C@H](O)C[C@@H]1O. The summed E-state index contributed by atoms with van der Waals surface area (Å²) in [6.07, 6.45) is 20.0. The van der Waals surface area contributed by atoms with E-state index in [2.05, 4.69) is 11.8 Å². The lowest BCUT2D eigenvalue weighted by Crippen LogP contribution is -2.37. The van der Waals surface area contributed by atoms with Gasteiger partial charge in [0.15, 0.2) is 0 Å². The lowest BCUT2D eigenvalue weighted by molar-refractivity contribution is -0.160. The molecule has 49 heavy (non-hydrogen) atoms. The van der Waals surface area contributed by atoms with Gasteiger partial charge in [-0.15, -0.1) is 24.7 Å². The topological polar surface area (TPSA) is 140 Å². The standard InChI is InChI=1S/C40H56O9/c1-4-6-11-20-37(44)47-28-40(3,29-48-38(45)21-12-7-5-2)30-49-39(46)22-16-9-8-15-19-33-34(36(43)27-35(33)42)26-25-32(41)24-23-31-17-13-10-14-18-31/h1-2,8,10,13-15,17-18,32-36,41-43H,6-7,9,11-12,16,19-30H2,3H3/b15-8-/t32-,33+,34+,35-,36+/m0/s1. The summed E-state index contributed by atoms with van der Waals surface area (Å²) < 4.78 is 16.3. The fourth-order valence-electron chi connectivity index (χ4n) is 5.92. The van der Waals surface area contributed by atoms with Gasteiger partial charge in [-0.1, -0.05) is 42.5 Å². The molecule has 5 atom stereocenters. The molecule has 1 aromatic rings. The van der Waals surface area contributed by atoms with Crippen molar-refractivity contribution in [2.24, 2.45) is 17.3 Å². The lowest BCUT2D eigenvalue weighted by Gasteiger charge is -2.28. The lowest BCUT2D eigenvalue weighted by atomic mass is 9.85. The van der Waals surface area contributed by atoms with Crippen molar-refractivity contribution in [3.05, 3.63) is 48.0 Å². The summed E-state index contributed by atoms with van der Waals surface area (Å²) in [5, 5.41) is 31.7. The number of carbonyl (C=O) groups is 3.